The van der Waals surface area contributed by atoms with Crippen LogP contribution in [0.4, 0.5) is 34.8 Å². The molecule has 2 heterocycles. The van der Waals surface area contributed by atoms with Crippen LogP contribution in [0.5, 0.6) is 0 Å². The highest BCUT2D eigenvalue weighted by Crippen LogP contribution is 2.33. The molecule has 3 aromatic rings. The van der Waals surface area contributed by atoms with Crippen LogP contribution in [0.15, 0.2) is 45.4 Å². The second-order valence-corrected chi connectivity index (χ2v) is 4.69. The molecule has 0 unspecified atom stereocenters. The van der Waals surface area contributed by atoms with E-state index < -0.39 is 23.2 Å². The molecular weight excluding hydrogens is 332 g/mol. The van der Waals surface area contributed by atoms with Gasteiger partial charge in [-0.25, -0.2) is 8.91 Å². The number of halogens is 4. The van der Waals surface area contributed by atoms with Crippen molar-refractivity contribution >= 4 is 22.8 Å². The zero-order chi connectivity index (χ0) is 17.5. The molecule has 0 saturated heterocycles. The smallest absolute Gasteiger partial charge is 0.380 e. The number of hydrogen-bond donors (Lipinski definition) is 2. The van der Waals surface area contributed by atoms with Crippen molar-refractivity contribution in [1.82, 2.24) is 14.6 Å². The van der Waals surface area contributed by atoms with Crippen LogP contribution in [0, 0.1) is 5.82 Å². The lowest BCUT2D eigenvalue weighted by Gasteiger charge is -2.07. The molecule has 0 aliphatic rings. The SMILES string of the molecule is Nc1nn2c(C(F)(F)F)cc(=O)[nH]c2c1N=Nc1cccc(F)c1. The number of nitrogens with one attached hydrogen (secondary N) is 1. The fourth-order valence-corrected chi connectivity index (χ4v) is 2.00. The Labute approximate surface area is 130 Å². The van der Waals surface area contributed by atoms with Crippen molar-refractivity contribution in [2.75, 3.05) is 5.73 Å². The number of azo groups is 1. The molecule has 0 fully saturated rings. The Morgan fingerprint density at radius 2 is 1.96 bits per heavy atom. The highest BCUT2D eigenvalue weighted by atomic mass is 19.4. The third-order valence-corrected chi connectivity index (χ3v) is 2.99. The molecule has 3 rings (SSSR count). The van der Waals surface area contributed by atoms with Crippen molar-refractivity contribution in [2.24, 2.45) is 10.2 Å². The van der Waals surface area contributed by atoms with Crippen molar-refractivity contribution in [3.8, 4) is 0 Å². The number of aromatic nitrogens is 3. The summed E-state index contributed by atoms with van der Waals surface area (Å²) in [5.41, 5.74) is 2.74. The Kier molecular flexibility index (Phi) is 3.55. The van der Waals surface area contributed by atoms with Gasteiger partial charge in [0.15, 0.2) is 22.8 Å². The quantitative estimate of drug-likeness (QED) is 0.553. The maximum absolute atomic E-state index is 13.1. The summed E-state index contributed by atoms with van der Waals surface area (Å²) in [4.78, 5) is 13.6. The Morgan fingerprint density at radius 1 is 1.21 bits per heavy atom. The molecule has 0 atom stereocenters. The van der Waals surface area contributed by atoms with Gasteiger partial charge in [-0.15, -0.1) is 10.2 Å². The zero-order valence-corrected chi connectivity index (χ0v) is 11.7. The number of nitrogen functional groups attached to an aromatic ring is 1. The van der Waals surface area contributed by atoms with Gasteiger partial charge in [-0.2, -0.15) is 18.3 Å². The number of rotatable bonds is 2. The van der Waals surface area contributed by atoms with Crippen molar-refractivity contribution < 1.29 is 17.6 Å². The lowest BCUT2D eigenvalue weighted by atomic mass is 10.3. The average Bonchev–Trinajstić information content (AvgIpc) is 2.79. The summed E-state index contributed by atoms with van der Waals surface area (Å²) in [6.07, 6.45) is -4.82. The summed E-state index contributed by atoms with van der Waals surface area (Å²) in [5, 5.41) is 10.9. The lowest BCUT2D eigenvalue weighted by Crippen LogP contribution is -2.19. The van der Waals surface area contributed by atoms with Crippen molar-refractivity contribution in [3.63, 3.8) is 0 Å². The number of fused-ring (bicyclic) bond motifs is 1. The number of H-pyrrole nitrogens is 1. The Morgan fingerprint density at radius 3 is 2.62 bits per heavy atom. The number of aromatic amines is 1. The van der Waals surface area contributed by atoms with Gasteiger partial charge in [0.05, 0.1) is 5.69 Å². The standard InChI is InChI=1S/C13H8F4N6O/c14-6-2-1-3-7(4-6)20-21-10-11(18)22-23-8(13(15,16)17)5-9(24)19-12(10)23/h1-5H,(H2,18,22)(H,19,24). The van der Waals surface area contributed by atoms with Crippen LogP contribution in [0.2, 0.25) is 0 Å². The maximum Gasteiger partial charge on any atom is 0.433 e. The largest absolute Gasteiger partial charge is 0.433 e. The molecule has 3 N–H and O–H groups in total. The molecule has 2 aromatic heterocycles. The van der Waals surface area contributed by atoms with E-state index in [4.69, 9.17) is 5.73 Å². The first-order valence-electron chi connectivity index (χ1n) is 6.42. The molecular formula is C13H8F4N6O. The Hall–Kier alpha value is -3.24. The first-order chi connectivity index (χ1) is 11.3. The van der Waals surface area contributed by atoms with Gasteiger partial charge in [-0.05, 0) is 12.1 Å². The van der Waals surface area contributed by atoms with Crippen LogP contribution in [0.25, 0.3) is 5.65 Å². The Balaban J connectivity index is 2.17. The fourth-order valence-electron chi connectivity index (χ4n) is 2.00. The first kappa shape index (κ1) is 15.6. The molecule has 0 amide bonds. The summed E-state index contributed by atoms with van der Waals surface area (Å²) in [6, 6.07) is 5.42. The molecule has 11 heteroatoms. The van der Waals surface area contributed by atoms with E-state index in [0.717, 1.165) is 6.07 Å². The number of alkyl halides is 3. The second-order valence-electron chi connectivity index (χ2n) is 4.69. The zero-order valence-electron chi connectivity index (χ0n) is 11.7. The summed E-state index contributed by atoms with van der Waals surface area (Å²) in [6.45, 7) is 0. The molecule has 124 valence electrons. The van der Waals surface area contributed by atoms with Crippen LogP contribution in [-0.4, -0.2) is 14.6 Å². The van der Waals surface area contributed by atoms with Crippen molar-refractivity contribution in [1.29, 1.82) is 0 Å². The third kappa shape index (κ3) is 2.83. The molecule has 0 aliphatic carbocycles. The molecule has 0 saturated carbocycles. The number of benzene rings is 1. The van der Waals surface area contributed by atoms with E-state index in [1.165, 1.54) is 18.2 Å². The van der Waals surface area contributed by atoms with E-state index >= 15 is 0 Å². The highest BCUT2D eigenvalue weighted by molar-refractivity contribution is 5.75. The van der Waals surface area contributed by atoms with E-state index in [0.29, 0.717) is 10.6 Å². The second kappa shape index (κ2) is 5.44. The minimum Gasteiger partial charge on any atom is -0.380 e. The molecule has 0 bridgehead atoms. The minimum atomic E-state index is -4.82. The van der Waals surface area contributed by atoms with Gasteiger partial charge in [0.1, 0.15) is 5.82 Å². The van der Waals surface area contributed by atoms with Gasteiger partial charge < -0.3 is 10.7 Å². The summed E-state index contributed by atoms with van der Waals surface area (Å²) in [7, 11) is 0. The van der Waals surface area contributed by atoms with E-state index in [1.54, 1.807) is 0 Å². The van der Waals surface area contributed by atoms with Gasteiger partial charge in [0.25, 0.3) is 5.56 Å². The Bertz CT molecular complexity index is 1000. The molecule has 7 nitrogen and oxygen atoms in total. The van der Waals surface area contributed by atoms with Gasteiger partial charge in [0.2, 0.25) is 0 Å². The molecule has 0 spiro atoms. The topological polar surface area (TPSA) is 101 Å². The van der Waals surface area contributed by atoms with Crippen LogP contribution < -0.4 is 11.3 Å². The van der Waals surface area contributed by atoms with Gasteiger partial charge >= 0.3 is 6.18 Å². The normalized spacial score (nSPS) is 12.3. The number of anilines is 1. The summed E-state index contributed by atoms with van der Waals surface area (Å²) < 4.78 is 52.5. The van der Waals surface area contributed by atoms with Gasteiger partial charge in [-0.1, -0.05) is 6.07 Å². The lowest BCUT2D eigenvalue weighted by molar-refractivity contribution is -0.142. The van der Waals surface area contributed by atoms with E-state index in [-0.39, 0.29) is 22.8 Å². The predicted molar refractivity (Wildman–Crippen MR) is 75.8 cm³/mol. The number of hydrogen-bond acceptors (Lipinski definition) is 5. The van der Waals surface area contributed by atoms with E-state index in [9.17, 15) is 22.4 Å². The average molecular weight is 340 g/mol. The van der Waals surface area contributed by atoms with Gasteiger partial charge in [0, 0.05) is 12.1 Å². The fraction of sp³-hybridized carbons (Fsp3) is 0.0769. The van der Waals surface area contributed by atoms with E-state index in [1.807, 2.05) is 0 Å². The third-order valence-electron chi connectivity index (χ3n) is 2.99. The predicted octanol–water partition coefficient (Wildman–Crippen LogP) is 3.18. The highest BCUT2D eigenvalue weighted by Gasteiger charge is 2.35. The van der Waals surface area contributed by atoms with Crippen molar-refractivity contribution in [2.45, 2.75) is 6.18 Å². The number of nitrogens with two attached hydrogens (primary N) is 1. The van der Waals surface area contributed by atoms with Gasteiger partial charge in [-0.3, -0.25) is 4.79 Å². The van der Waals surface area contributed by atoms with E-state index in [2.05, 4.69) is 20.3 Å². The summed E-state index contributed by atoms with van der Waals surface area (Å²) >= 11 is 0. The minimum absolute atomic E-state index is 0.114. The molecule has 24 heavy (non-hydrogen) atoms. The maximum atomic E-state index is 13.1. The van der Waals surface area contributed by atoms with Crippen LogP contribution in [0.3, 0.4) is 0 Å². The van der Waals surface area contributed by atoms with Crippen LogP contribution in [-0.2, 0) is 6.18 Å². The first-order valence-corrected chi connectivity index (χ1v) is 6.42. The molecule has 0 aliphatic heterocycles. The molecule has 1 aromatic carbocycles. The van der Waals surface area contributed by atoms with Crippen molar-refractivity contribution in [3.05, 3.63) is 52.2 Å². The number of nitrogens with zero attached hydrogens (tertiary/aromatic N) is 4. The summed E-state index contributed by atoms with van der Waals surface area (Å²) in [5.74, 6) is -0.936. The van der Waals surface area contributed by atoms with Crippen LogP contribution >= 0.6 is 0 Å². The monoisotopic (exact) mass is 340 g/mol. The van der Waals surface area contributed by atoms with Crippen LogP contribution in [0.1, 0.15) is 5.69 Å². The molecule has 0 radical (unpaired) electrons.